The van der Waals surface area contributed by atoms with Crippen molar-refractivity contribution in [1.29, 1.82) is 0 Å². The van der Waals surface area contributed by atoms with E-state index < -0.39 is 33.7 Å². The maximum atomic E-state index is 14.1. The molecule has 0 saturated carbocycles. The van der Waals surface area contributed by atoms with Crippen LogP contribution in [0.3, 0.4) is 0 Å². The molecule has 2 aromatic rings. The third-order valence-corrected chi connectivity index (χ3v) is 7.94. The van der Waals surface area contributed by atoms with Gasteiger partial charge in [0.1, 0.15) is 5.82 Å². The van der Waals surface area contributed by atoms with Gasteiger partial charge in [0.25, 0.3) is 5.91 Å². The lowest BCUT2D eigenvalue weighted by atomic mass is 10.1. The standard InChI is InChI=1S/C22H24FN3O4S/c1-15-7-8-17(13-16(15)2)31(29,30)25-11-9-24(10-12-25)20-14-21(27)26(22(20)28)19-6-4-3-5-18(19)23/h3-8,13,20H,9-12,14H2,1-2H3/t20-/m1/s1. The number of hydrogen-bond acceptors (Lipinski definition) is 5. The van der Waals surface area contributed by atoms with Crippen molar-refractivity contribution in [2.45, 2.75) is 31.2 Å². The van der Waals surface area contributed by atoms with Crippen molar-refractivity contribution in [3.63, 3.8) is 0 Å². The van der Waals surface area contributed by atoms with Gasteiger partial charge in [-0.1, -0.05) is 18.2 Å². The predicted octanol–water partition coefficient (Wildman–Crippen LogP) is 2.08. The van der Waals surface area contributed by atoms with Crippen molar-refractivity contribution in [2.24, 2.45) is 0 Å². The normalized spacial score (nSPS) is 21.1. The fraction of sp³-hybridized carbons (Fsp3) is 0.364. The van der Waals surface area contributed by atoms with Crippen LogP contribution in [0.4, 0.5) is 10.1 Å². The SMILES string of the molecule is Cc1ccc(S(=O)(=O)N2CCN([C@@H]3CC(=O)N(c4ccccc4F)C3=O)CC2)cc1C. The number of aryl methyl sites for hydroxylation is 2. The fourth-order valence-electron chi connectivity index (χ4n) is 4.07. The van der Waals surface area contributed by atoms with Crippen LogP contribution in [0.1, 0.15) is 17.5 Å². The summed E-state index contributed by atoms with van der Waals surface area (Å²) in [5.74, 6) is -1.56. The van der Waals surface area contributed by atoms with Gasteiger partial charge in [-0.3, -0.25) is 14.5 Å². The Bertz CT molecular complexity index is 1140. The van der Waals surface area contributed by atoms with E-state index in [1.807, 2.05) is 18.7 Å². The number of amides is 2. The Balaban J connectivity index is 1.46. The first kappa shape index (κ1) is 21.6. The van der Waals surface area contributed by atoms with Crippen LogP contribution in [-0.2, 0) is 19.6 Å². The molecule has 2 heterocycles. The van der Waals surface area contributed by atoms with Crippen LogP contribution >= 0.6 is 0 Å². The summed E-state index contributed by atoms with van der Waals surface area (Å²) < 4.78 is 41.5. The van der Waals surface area contributed by atoms with E-state index in [0.717, 1.165) is 16.0 Å². The average Bonchev–Trinajstić information content (AvgIpc) is 3.04. The van der Waals surface area contributed by atoms with Gasteiger partial charge in [-0.05, 0) is 49.2 Å². The number of nitrogens with zero attached hydrogens (tertiary/aromatic N) is 3. The molecule has 0 aliphatic carbocycles. The van der Waals surface area contributed by atoms with Gasteiger partial charge in [-0.15, -0.1) is 0 Å². The molecule has 31 heavy (non-hydrogen) atoms. The van der Waals surface area contributed by atoms with Crippen LogP contribution in [0.15, 0.2) is 47.4 Å². The van der Waals surface area contributed by atoms with E-state index in [1.165, 1.54) is 22.5 Å². The van der Waals surface area contributed by atoms with Gasteiger partial charge in [-0.25, -0.2) is 17.7 Å². The minimum Gasteiger partial charge on any atom is -0.289 e. The number of sulfonamides is 1. The van der Waals surface area contributed by atoms with Gasteiger partial charge in [0, 0.05) is 26.2 Å². The number of carbonyl (C=O) groups excluding carboxylic acids is 2. The molecule has 0 bridgehead atoms. The number of anilines is 1. The zero-order valence-corrected chi connectivity index (χ0v) is 18.2. The Kier molecular flexibility index (Phi) is 5.67. The zero-order valence-electron chi connectivity index (χ0n) is 17.4. The molecule has 2 amide bonds. The summed E-state index contributed by atoms with van der Waals surface area (Å²) in [6, 6.07) is 10.0. The molecule has 0 aromatic heterocycles. The van der Waals surface area contributed by atoms with Gasteiger partial charge < -0.3 is 0 Å². The lowest BCUT2D eigenvalue weighted by Crippen LogP contribution is -2.53. The summed E-state index contributed by atoms with van der Waals surface area (Å²) in [6.45, 7) is 4.86. The van der Waals surface area contributed by atoms with Gasteiger partial charge >= 0.3 is 0 Å². The Labute approximate surface area is 181 Å². The minimum atomic E-state index is -3.64. The lowest BCUT2D eigenvalue weighted by Gasteiger charge is -2.36. The predicted molar refractivity (Wildman–Crippen MR) is 114 cm³/mol. The van der Waals surface area contributed by atoms with Gasteiger partial charge in [-0.2, -0.15) is 4.31 Å². The Hall–Kier alpha value is -2.62. The number of hydrogen-bond donors (Lipinski definition) is 0. The number of rotatable bonds is 4. The number of para-hydroxylation sites is 1. The van der Waals surface area contributed by atoms with E-state index in [2.05, 4.69) is 0 Å². The molecule has 2 aromatic carbocycles. The second-order valence-corrected chi connectivity index (χ2v) is 9.86. The molecule has 0 radical (unpaired) electrons. The highest BCUT2D eigenvalue weighted by Gasteiger charge is 2.44. The molecule has 0 spiro atoms. The van der Waals surface area contributed by atoms with Crippen LogP contribution in [0.5, 0.6) is 0 Å². The maximum absolute atomic E-state index is 14.1. The number of halogens is 1. The Morgan fingerprint density at radius 1 is 0.935 bits per heavy atom. The number of imide groups is 1. The third kappa shape index (κ3) is 3.88. The van der Waals surface area contributed by atoms with E-state index >= 15 is 0 Å². The van der Waals surface area contributed by atoms with Crippen molar-refractivity contribution in [2.75, 3.05) is 31.1 Å². The van der Waals surface area contributed by atoms with Crippen LogP contribution in [0.2, 0.25) is 0 Å². The summed E-state index contributed by atoms with van der Waals surface area (Å²) in [5.41, 5.74) is 1.88. The largest absolute Gasteiger partial charge is 0.289 e. The van der Waals surface area contributed by atoms with Crippen LogP contribution in [0.25, 0.3) is 0 Å². The molecule has 7 nitrogen and oxygen atoms in total. The minimum absolute atomic E-state index is 0.0446. The smallest absolute Gasteiger partial charge is 0.251 e. The van der Waals surface area contributed by atoms with E-state index in [9.17, 15) is 22.4 Å². The van der Waals surface area contributed by atoms with Crippen molar-refractivity contribution < 1.29 is 22.4 Å². The molecule has 9 heteroatoms. The summed E-state index contributed by atoms with van der Waals surface area (Å²) in [4.78, 5) is 28.3. The van der Waals surface area contributed by atoms with Gasteiger partial charge in [0.2, 0.25) is 15.9 Å². The Morgan fingerprint density at radius 3 is 2.26 bits per heavy atom. The number of benzene rings is 2. The molecule has 0 N–H and O–H groups in total. The molecule has 2 saturated heterocycles. The van der Waals surface area contributed by atoms with Crippen molar-refractivity contribution in [1.82, 2.24) is 9.21 Å². The molecule has 2 fully saturated rings. The number of carbonyl (C=O) groups is 2. The van der Waals surface area contributed by atoms with Crippen LogP contribution in [0, 0.1) is 19.7 Å². The second-order valence-electron chi connectivity index (χ2n) is 7.92. The van der Waals surface area contributed by atoms with E-state index in [-0.39, 0.29) is 30.1 Å². The third-order valence-electron chi connectivity index (χ3n) is 6.05. The number of piperazine rings is 1. The highest BCUT2D eigenvalue weighted by atomic mass is 32.2. The first-order chi connectivity index (χ1) is 14.7. The molecule has 1 atom stereocenters. The average molecular weight is 446 g/mol. The topological polar surface area (TPSA) is 78.0 Å². The summed E-state index contributed by atoms with van der Waals surface area (Å²) in [6.07, 6.45) is -0.0446. The molecule has 2 aliphatic rings. The van der Waals surface area contributed by atoms with E-state index in [4.69, 9.17) is 0 Å². The first-order valence-corrected chi connectivity index (χ1v) is 11.6. The van der Waals surface area contributed by atoms with Gasteiger partial charge in [0.05, 0.1) is 23.0 Å². The molecule has 0 unspecified atom stereocenters. The van der Waals surface area contributed by atoms with Crippen LogP contribution < -0.4 is 4.90 Å². The quantitative estimate of drug-likeness (QED) is 0.674. The van der Waals surface area contributed by atoms with Crippen molar-refractivity contribution in [3.05, 3.63) is 59.4 Å². The lowest BCUT2D eigenvalue weighted by molar-refractivity contribution is -0.123. The fourth-order valence-corrected chi connectivity index (χ4v) is 5.57. The molecular weight excluding hydrogens is 421 g/mol. The molecule has 164 valence electrons. The van der Waals surface area contributed by atoms with E-state index in [1.54, 1.807) is 24.3 Å². The summed E-state index contributed by atoms with van der Waals surface area (Å²) >= 11 is 0. The monoisotopic (exact) mass is 445 g/mol. The van der Waals surface area contributed by atoms with Crippen LogP contribution in [-0.4, -0.2) is 61.7 Å². The van der Waals surface area contributed by atoms with Gasteiger partial charge in [0.15, 0.2) is 0 Å². The first-order valence-electron chi connectivity index (χ1n) is 10.1. The van der Waals surface area contributed by atoms with Crippen molar-refractivity contribution in [3.8, 4) is 0 Å². The van der Waals surface area contributed by atoms with Crippen molar-refractivity contribution >= 4 is 27.5 Å². The molecule has 2 aliphatic heterocycles. The molecular formula is C22H24FN3O4S. The highest BCUT2D eigenvalue weighted by Crippen LogP contribution is 2.29. The Morgan fingerprint density at radius 2 is 1.61 bits per heavy atom. The highest BCUT2D eigenvalue weighted by molar-refractivity contribution is 7.89. The second kappa shape index (κ2) is 8.14. The summed E-state index contributed by atoms with van der Waals surface area (Å²) in [7, 11) is -3.64. The molecule has 4 rings (SSSR count). The zero-order chi connectivity index (χ0) is 22.3. The maximum Gasteiger partial charge on any atom is 0.251 e. The summed E-state index contributed by atoms with van der Waals surface area (Å²) in [5, 5.41) is 0. The van der Waals surface area contributed by atoms with E-state index in [0.29, 0.717) is 13.1 Å².